The Bertz CT molecular complexity index is 437. The van der Waals surface area contributed by atoms with Crippen LogP contribution < -0.4 is 0 Å². The van der Waals surface area contributed by atoms with Crippen LogP contribution in [0.3, 0.4) is 0 Å². The molecule has 0 aliphatic heterocycles. The molecule has 0 aliphatic rings. The molecule has 0 spiro atoms. The summed E-state index contributed by atoms with van der Waals surface area (Å²) >= 11 is 0. The van der Waals surface area contributed by atoms with Crippen molar-refractivity contribution in [2.45, 2.75) is 6.92 Å². The van der Waals surface area contributed by atoms with E-state index in [1.807, 2.05) is 0 Å². The molecule has 0 saturated carbocycles. The lowest BCUT2D eigenvalue weighted by Gasteiger charge is -2.17. The van der Waals surface area contributed by atoms with Crippen LogP contribution in [0.25, 0.3) is 0 Å². The molecule has 84 valence electrons. The van der Waals surface area contributed by atoms with Crippen molar-refractivity contribution in [2.75, 3.05) is 13.1 Å². The first-order valence-electron chi connectivity index (χ1n) is 4.78. The smallest absolute Gasteiger partial charge is 0.254 e. The van der Waals surface area contributed by atoms with E-state index in [-0.39, 0.29) is 12.1 Å². The third-order valence-corrected chi connectivity index (χ3v) is 2.12. The molecule has 0 atom stereocenters. The van der Waals surface area contributed by atoms with E-state index in [0.717, 1.165) is 12.1 Å². The molecule has 0 saturated heterocycles. The van der Waals surface area contributed by atoms with Gasteiger partial charge in [0.2, 0.25) is 0 Å². The van der Waals surface area contributed by atoms with Crippen LogP contribution in [0, 0.1) is 24.0 Å². The van der Waals surface area contributed by atoms with E-state index in [2.05, 4.69) is 5.92 Å². The maximum atomic E-state index is 12.9. The van der Waals surface area contributed by atoms with Gasteiger partial charge in [0.1, 0.15) is 0 Å². The highest BCUT2D eigenvalue weighted by molar-refractivity contribution is 5.94. The molecular formula is C12H11F2NO. The van der Waals surface area contributed by atoms with E-state index >= 15 is 0 Å². The monoisotopic (exact) mass is 223 g/mol. The van der Waals surface area contributed by atoms with Crippen LogP contribution in [-0.4, -0.2) is 23.9 Å². The number of benzene rings is 1. The predicted octanol–water partition coefficient (Wildman–Crippen LogP) is 2.06. The molecule has 0 unspecified atom stereocenters. The lowest BCUT2D eigenvalue weighted by atomic mass is 10.2. The Balaban J connectivity index is 2.95. The largest absolute Gasteiger partial charge is 0.328 e. The number of hydrogen-bond donors (Lipinski definition) is 0. The maximum Gasteiger partial charge on any atom is 0.254 e. The van der Waals surface area contributed by atoms with Crippen molar-refractivity contribution in [3.8, 4) is 12.3 Å². The molecule has 1 amide bonds. The molecule has 0 N–H and O–H groups in total. The van der Waals surface area contributed by atoms with Crippen LogP contribution in [0.4, 0.5) is 8.78 Å². The van der Waals surface area contributed by atoms with E-state index in [4.69, 9.17) is 6.42 Å². The Morgan fingerprint density at radius 3 is 2.62 bits per heavy atom. The molecule has 0 aliphatic carbocycles. The van der Waals surface area contributed by atoms with Gasteiger partial charge in [0.25, 0.3) is 5.91 Å². The minimum absolute atomic E-state index is 0.0935. The number of hydrogen-bond acceptors (Lipinski definition) is 1. The number of amides is 1. The summed E-state index contributed by atoms with van der Waals surface area (Å²) in [6.07, 6.45) is 5.10. The second kappa shape index (κ2) is 5.26. The van der Waals surface area contributed by atoms with Gasteiger partial charge in [-0.2, -0.15) is 0 Å². The van der Waals surface area contributed by atoms with Crippen molar-refractivity contribution in [3.05, 3.63) is 35.4 Å². The summed E-state index contributed by atoms with van der Waals surface area (Å²) < 4.78 is 25.6. The number of rotatable bonds is 3. The maximum absolute atomic E-state index is 12.9. The van der Waals surface area contributed by atoms with Crippen LogP contribution >= 0.6 is 0 Å². The Morgan fingerprint density at radius 1 is 1.44 bits per heavy atom. The first-order chi connectivity index (χ1) is 7.60. The number of carbonyl (C=O) groups excluding carboxylic acids is 1. The van der Waals surface area contributed by atoms with Gasteiger partial charge in [-0.05, 0) is 25.1 Å². The first-order valence-corrected chi connectivity index (χ1v) is 4.78. The quantitative estimate of drug-likeness (QED) is 0.718. The van der Waals surface area contributed by atoms with E-state index in [0.29, 0.717) is 6.54 Å². The zero-order valence-corrected chi connectivity index (χ0v) is 8.84. The third-order valence-electron chi connectivity index (χ3n) is 2.12. The summed E-state index contributed by atoms with van der Waals surface area (Å²) in [5, 5.41) is 0. The lowest BCUT2D eigenvalue weighted by Crippen LogP contribution is -2.31. The van der Waals surface area contributed by atoms with Gasteiger partial charge in [0, 0.05) is 12.1 Å². The third kappa shape index (κ3) is 2.57. The molecule has 0 radical (unpaired) electrons. The normalized spacial score (nSPS) is 9.62. The summed E-state index contributed by atoms with van der Waals surface area (Å²) in [7, 11) is 0. The number of halogens is 2. The van der Waals surface area contributed by atoms with Crippen molar-refractivity contribution >= 4 is 5.91 Å². The average Bonchev–Trinajstić information content (AvgIpc) is 2.28. The van der Waals surface area contributed by atoms with Gasteiger partial charge < -0.3 is 4.90 Å². The van der Waals surface area contributed by atoms with E-state index in [1.165, 1.54) is 11.0 Å². The Hall–Kier alpha value is -1.89. The fourth-order valence-electron chi connectivity index (χ4n) is 1.25. The van der Waals surface area contributed by atoms with Gasteiger partial charge in [0.05, 0.1) is 6.54 Å². The predicted molar refractivity (Wildman–Crippen MR) is 56.8 cm³/mol. The molecule has 0 heterocycles. The standard InChI is InChI=1S/C12H11F2NO/c1-3-7-15(4-2)12(16)9-5-6-10(13)11(14)8-9/h1,5-6,8H,4,7H2,2H3. The summed E-state index contributed by atoms with van der Waals surface area (Å²) in [5.41, 5.74) is 0.0935. The fourth-order valence-corrected chi connectivity index (χ4v) is 1.25. The van der Waals surface area contributed by atoms with Gasteiger partial charge in [-0.1, -0.05) is 5.92 Å². The molecule has 1 aromatic rings. The minimum Gasteiger partial charge on any atom is -0.328 e. The lowest BCUT2D eigenvalue weighted by molar-refractivity contribution is 0.0784. The van der Waals surface area contributed by atoms with Crippen LogP contribution in [-0.2, 0) is 0 Å². The minimum atomic E-state index is -1.04. The van der Waals surface area contributed by atoms with E-state index in [1.54, 1.807) is 6.92 Å². The number of terminal acetylenes is 1. The Kier molecular flexibility index (Phi) is 4.01. The highest BCUT2D eigenvalue weighted by atomic mass is 19.2. The van der Waals surface area contributed by atoms with Gasteiger partial charge >= 0.3 is 0 Å². The van der Waals surface area contributed by atoms with Crippen molar-refractivity contribution in [1.82, 2.24) is 4.90 Å². The van der Waals surface area contributed by atoms with Crippen LogP contribution in [0.15, 0.2) is 18.2 Å². The average molecular weight is 223 g/mol. The van der Waals surface area contributed by atoms with Crippen molar-refractivity contribution in [2.24, 2.45) is 0 Å². The summed E-state index contributed by atoms with van der Waals surface area (Å²) in [5.74, 6) is -0.0854. The number of carbonyl (C=O) groups is 1. The fraction of sp³-hybridized carbons (Fsp3) is 0.250. The molecule has 0 bridgehead atoms. The van der Waals surface area contributed by atoms with Crippen LogP contribution in [0.5, 0.6) is 0 Å². The zero-order valence-electron chi connectivity index (χ0n) is 8.84. The summed E-state index contributed by atoms with van der Waals surface area (Å²) in [4.78, 5) is 13.1. The molecule has 1 aromatic carbocycles. The first kappa shape index (κ1) is 12.2. The number of nitrogens with zero attached hydrogens (tertiary/aromatic N) is 1. The van der Waals surface area contributed by atoms with Gasteiger partial charge in [-0.15, -0.1) is 6.42 Å². The van der Waals surface area contributed by atoms with Crippen LogP contribution in [0.2, 0.25) is 0 Å². The van der Waals surface area contributed by atoms with Crippen LogP contribution in [0.1, 0.15) is 17.3 Å². The van der Waals surface area contributed by atoms with Crippen molar-refractivity contribution in [1.29, 1.82) is 0 Å². The highest BCUT2D eigenvalue weighted by Gasteiger charge is 2.14. The summed E-state index contributed by atoms with van der Waals surface area (Å²) in [6, 6.07) is 3.03. The molecule has 1 rings (SSSR count). The van der Waals surface area contributed by atoms with Gasteiger partial charge in [-0.25, -0.2) is 8.78 Å². The molecule has 2 nitrogen and oxygen atoms in total. The molecular weight excluding hydrogens is 212 g/mol. The topological polar surface area (TPSA) is 20.3 Å². The molecule has 0 fully saturated rings. The Morgan fingerprint density at radius 2 is 2.12 bits per heavy atom. The van der Waals surface area contributed by atoms with E-state index in [9.17, 15) is 13.6 Å². The molecule has 4 heteroatoms. The van der Waals surface area contributed by atoms with Gasteiger partial charge in [0.15, 0.2) is 11.6 Å². The zero-order chi connectivity index (χ0) is 12.1. The van der Waals surface area contributed by atoms with Crippen molar-refractivity contribution in [3.63, 3.8) is 0 Å². The Labute approximate surface area is 92.9 Å². The molecule has 16 heavy (non-hydrogen) atoms. The highest BCUT2D eigenvalue weighted by Crippen LogP contribution is 2.10. The van der Waals surface area contributed by atoms with Gasteiger partial charge in [-0.3, -0.25) is 4.79 Å². The van der Waals surface area contributed by atoms with E-state index < -0.39 is 17.5 Å². The molecule has 0 aromatic heterocycles. The second-order valence-electron chi connectivity index (χ2n) is 3.15. The SMILES string of the molecule is C#CCN(CC)C(=O)c1ccc(F)c(F)c1. The summed E-state index contributed by atoms with van der Waals surface area (Å²) in [6.45, 7) is 2.32. The second-order valence-corrected chi connectivity index (χ2v) is 3.15. The van der Waals surface area contributed by atoms with Crippen molar-refractivity contribution < 1.29 is 13.6 Å².